The first-order chi connectivity index (χ1) is 7.83. The van der Waals surface area contributed by atoms with Crippen molar-refractivity contribution < 1.29 is 0 Å². The van der Waals surface area contributed by atoms with Crippen molar-refractivity contribution in [1.29, 1.82) is 0 Å². The molecule has 0 bridgehead atoms. The standard InChI is InChI=1S/C12H19N3S/c1-2-3-9-14-12(16)13-10-15(14)11-7-5-4-6-8-11/h4-8,12-13,16H,2-3,9-10H2,1H3. The van der Waals surface area contributed by atoms with Crippen molar-refractivity contribution in [3.8, 4) is 0 Å². The van der Waals surface area contributed by atoms with E-state index in [0.29, 0.717) is 0 Å². The molecule has 1 aromatic carbocycles. The van der Waals surface area contributed by atoms with E-state index < -0.39 is 0 Å². The van der Waals surface area contributed by atoms with Crippen LogP contribution in [0.1, 0.15) is 19.8 Å². The molecule has 0 spiro atoms. The Morgan fingerprint density at radius 2 is 2.12 bits per heavy atom. The zero-order valence-corrected chi connectivity index (χ0v) is 10.5. The van der Waals surface area contributed by atoms with E-state index in [1.807, 2.05) is 6.07 Å². The fraction of sp³-hybridized carbons (Fsp3) is 0.500. The summed E-state index contributed by atoms with van der Waals surface area (Å²) in [6.07, 6.45) is 2.40. The maximum absolute atomic E-state index is 4.54. The summed E-state index contributed by atoms with van der Waals surface area (Å²) in [5, 5.41) is 7.88. The van der Waals surface area contributed by atoms with Crippen LogP contribution in [0.25, 0.3) is 0 Å². The van der Waals surface area contributed by atoms with Crippen molar-refractivity contribution in [2.45, 2.75) is 25.3 Å². The molecule has 16 heavy (non-hydrogen) atoms. The third kappa shape index (κ3) is 2.51. The third-order valence-electron chi connectivity index (χ3n) is 2.81. The summed E-state index contributed by atoms with van der Waals surface area (Å²) >= 11 is 4.54. The van der Waals surface area contributed by atoms with Crippen LogP contribution in [0.15, 0.2) is 30.3 Å². The molecule has 0 amide bonds. The molecular formula is C12H19N3S. The van der Waals surface area contributed by atoms with Crippen LogP contribution in [-0.2, 0) is 0 Å². The quantitative estimate of drug-likeness (QED) is 0.783. The second-order valence-electron chi connectivity index (χ2n) is 3.99. The van der Waals surface area contributed by atoms with Gasteiger partial charge in [-0.15, -0.1) is 12.6 Å². The summed E-state index contributed by atoms with van der Waals surface area (Å²) < 4.78 is 0. The number of rotatable bonds is 4. The van der Waals surface area contributed by atoms with Crippen molar-refractivity contribution in [3.63, 3.8) is 0 Å². The Hall–Kier alpha value is -0.710. The average Bonchev–Trinajstić information content (AvgIpc) is 2.69. The molecule has 1 aromatic rings. The molecule has 1 N–H and O–H groups in total. The van der Waals surface area contributed by atoms with Crippen LogP contribution in [0.2, 0.25) is 0 Å². The highest BCUT2D eigenvalue weighted by atomic mass is 32.1. The molecule has 0 aliphatic carbocycles. The molecule has 1 atom stereocenters. The predicted octanol–water partition coefficient (Wildman–Crippen LogP) is 2.28. The summed E-state index contributed by atoms with van der Waals surface area (Å²) in [5.41, 5.74) is 1.36. The number of para-hydroxylation sites is 1. The fourth-order valence-corrected chi connectivity index (χ4v) is 2.22. The summed E-state index contributed by atoms with van der Waals surface area (Å²) in [6.45, 7) is 4.10. The van der Waals surface area contributed by atoms with Crippen LogP contribution in [0.4, 0.5) is 5.69 Å². The van der Waals surface area contributed by atoms with Crippen molar-refractivity contribution >= 4 is 18.3 Å². The lowest BCUT2D eigenvalue weighted by Gasteiger charge is -2.30. The molecule has 0 aromatic heterocycles. The van der Waals surface area contributed by atoms with E-state index >= 15 is 0 Å². The molecule has 1 aliphatic rings. The molecular weight excluding hydrogens is 218 g/mol. The summed E-state index contributed by atoms with van der Waals surface area (Å²) in [5.74, 6) is 0. The van der Waals surface area contributed by atoms with Crippen molar-refractivity contribution in [3.05, 3.63) is 30.3 Å². The Bertz CT molecular complexity index is 317. The van der Waals surface area contributed by atoms with Gasteiger partial charge in [0.05, 0.1) is 12.4 Å². The zero-order valence-electron chi connectivity index (χ0n) is 9.63. The minimum absolute atomic E-state index is 0.131. The van der Waals surface area contributed by atoms with E-state index in [9.17, 15) is 0 Å². The molecule has 0 saturated carbocycles. The number of anilines is 1. The smallest absolute Gasteiger partial charge is 0.124 e. The van der Waals surface area contributed by atoms with Gasteiger partial charge in [0.25, 0.3) is 0 Å². The Morgan fingerprint density at radius 3 is 2.81 bits per heavy atom. The van der Waals surface area contributed by atoms with Crippen LogP contribution in [0.5, 0.6) is 0 Å². The number of hydrogen-bond donors (Lipinski definition) is 2. The van der Waals surface area contributed by atoms with Gasteiger partial charge in [-0.1, -0.05) is 31.5 Å². The summed E-state index contributed by atoms with van der Waals surface area (Å²) in [7, 11) is 0. The van der Waals surface area contributed by atoms with Gasteiger partial charge in [-0.3, -0.25) is 10.3 Å². The second kappa shape index (κ2) is 5.57. The lowest BCUT2D eigenvalue weighted by atomic mass is 10.3. The van der Waals surface area contributed by atoms with Gasteiger partial charge < -0.3 is 0 Å². The van der Waals surface area contributed by atoms with E-state index in [0.717, 1.165) is 13.2 Å². The van der Waals surface area contributed by atoms with Crippen molar-refractivity contribution in [2.24, 2.45) is 0 Å². The third-order valence-corrected chi connectivity index (χ3v) is 3.26. The normalized spacial score (nSPS) is 21.6. The monoisotopic (exact) mass is 237 g/mol. The van der Waals surface area contributed by atoms with Crippen molar-refractivity contribution in [1.82, 2.24) is 10.3 Å². The summed E-state index contributed by atoms with van der Waals surface area (Å²) in [4.78, 5) is 0. The van der Waals surface area contributed by atoms with Gasteiger partial charge in [-0.25, -0.2) is 0 Å². The number of nitrogens with zero attached hydrogens (tertiary/aromatic N) is 2. The number of unbranched alkanes of at least 4 members (excludes halogenated alkanes) is 1. The molecule has 3 nitrogen and oxygen atoms in total. The second-order valence-corrected chi connectivity index (χ2v) is 4.48. The maximum atomic E-state index is 4.54. The van der Waals surface area contributed by atoms with Crippen LogP contribution < -0.4 is 10.3 Å². The first-order valence-corrected chi connectivity index (χ1v) is 6.35. The summed E-state index contributed by atoms with van der Waals surface area (Å²) in [6, 6.07) is 10.4. The highest BCUT2D eigenvalue weighted by Gasteiger charge is 2.27. The number of nitrogens with one attached hydrogen (secondary N) is 1. The number of hydrazine groups is 1. The topological polar surface area (TPSA) is 18.5 Å². The molecule has 1 saturated heterocycles. The SMILES string of the molecule is CCCCN1C(S)NCN1c1ccccc1. The Kier molecular flexibility index (Phi) is 4.09. The Morgan fingerprint density at radius 1 is 1.38 bits per heavy atom. The average molecular weight is 237 g/mol. The van der Waals surface area contributed by atoms with Gasteiger partial charge in [-0.05, 0) is 18.6 Å². The van der Waals surface area contributed by atoms with Gasteiger partial charge in [0.15, 0.2) is 0 Å². The van der Waals surface area contributed by atoms with Gasteiger partial charge in [0, 0.05) is 6.54 Å². The highest BCUT2D eigenvalue weighted by molar-refractivity contribution is 7.80. The Balaban J connectivity index is 2.08. The first kappa shape index (κ1) is 11.8. The molecule has 88 valence electrons. The molecule has 0 radical (unpaired) electrons. The molecule has 1 heterocycles. The molecule has 2 rings (SSSR count). The number of hydrogen-bond acceptors (Lipinski definition) is 4. The van der Waals surface area contributed by atoms with Crippen LogP contribution in [0, 0.1) is 0 Å². The molecule has 1 unspecified atom stereocenters. The van der Waals surface area contributed by atoms with E-state index in [-0.39, 0.29) is 5.50 Å². The predicted molar refractivity (Wildman–Crippen MR) is 71.3 cm³/mol. The molecule has 4 heteroatoms. The molecule has 1 aliphatic heterocycles. The fourth-order valence-electron chi connectivity index (χ4n) is 1.90. The van der Waals surface area contributed by atoms with Crippen LogP contribution >= 0.6 is 12.6 Å². The van der Waals surface area contributed by atoms with Crippen molar-refractivity contribution in [2.75, 3.05) is 18.2 Å². The van der Waals surface area contributed by atoms with E-state index in [1.54, 1.807) is 0 Å². The van der Waals surface area contributed by atoms with E-state index in [2.05, 4.69) is 59.2 Å². The minimum Gasteiger partial charge on any atom is -0.289 e. The largest absolute Gasteiger partial charge is 0.289 e. The van der Waals surface area contributed by atoms with E-state index in [4.69, 9.17) is 0 Å². The van der Waals surface area contributed by atoms with Gasteiger partial charge in [0.1, 0.15) is 5.50 Å². The molecule has 1 fully saturated rings. The van der Waals surface area contributed by atoms with Crippen LogP contribution in [0.3, 0.4) is 0 Å². The van der Waals surface area contributed by atoms with Gasteiger partial charge in [-0.2, -0.15) is 5.01 Å². The first-order valence-electron chi connectivity index (χ1n) is 5.83. The highest BCUT2D eigenvalue weighted by Crippen LogP contribution is 2.22. The lowest BCUT2D eigenvalue weighted by Crippen LogP contribution is -2.40. The zero-order chi connectivity index (χ0) is 11.4. The number of thiol groups is 1. The Labute approximate surface area is 103 Å². The maximum Gasteiger partial charge on any atom is 0.124 e. The van der Waals surface area contributed by atoms with Gasteiger partial charge >= 0.3 is 0 Å². The van der Waals surface area contributed by atoms with Crippen LogP contribution in [-0.4, -0.2) is 23.7 Å². The van der Waals surface area contributed by atoms with E-state index in [1.165, 1.54) is 18.5 Å². The van der Waals surface area contributed by atoms with Gasteiger partial charge in [0.2, 0.25) is 0 Å². The minimum atomic E-state index is 0.131. The number of benzene rings is 1. The lowest BCUT2D eigenvalue weighted by molar-refractivity contribution is 0.281.